The summed E-state index contributed by atoms with van der Waals surface area (Å²) in [4.78, 5) is 11.7. The summed E-state index contributed by atoms with van der Waals surface area (Å²) in [7, 11) is -3.60. The fourth-order valence-electron chi connectivity index (χ4n) is 2.57. The molecule has 2 rings (SSSR count). The van der Waals surface area contributed by atoms with Crippen LogP contribution >= 0.6 is 11.3 Å². The van der Waals surface area contributed by atoms with Crippen LogP contribution < -0.4 is 0 Å². The van der Waals surface area contributed by atoms with Crippen LogP contribution in [0.3, 0.4) is 0 Å². The lowest BCUT2D eigenvalue weighted by Gasteiger charge is -2.40. The van der Waals surface area contributed by atoms with Crippen molar-refractivity contribution in [2.75, 3.05) is 12.4 Å². The molecule has 8 nitrogen and oxygen atoms in total. The van der Waals surface area contributed by atoms with Gasteiger partial charge in [-0.25, -0.2) is 8.42 Å². The molecule has 136 valence electrons. The Morgan fingerprint density at radius 3 is 2.58 bits per heavy atom. The number of hydrogen-bond donors (Lipinski definition) is 0. The highest BCUT2D eigenvalue weighted by atomic mass is 32.2. The number of carbonyl (C=O) groups excluding carboxylic acids is 1. The van der Waals surface area contributed by atoms with Crippen LogP contribution in [0.5, 0.6) is 0 Å². The molecule has 0 N–H and O–H groups in total. The van der Waals surface area contributed by atoms with Gasteiger partial charge in [-0.15, -0.1) is 10.2 Å². The topological polar surface area (TPSA) is 105 Å². The van der Waals surface area contributed by atoms with Gasteiger partial charge >= 0.3 is 5.97 Å². The zero-order chi connectivity index (χ0) is 18.0. The smallest absolute Gasteiger partial charge is 0.308 e. The van der Waals surface area contributed by atoms with Crippen molar-refractivity contribution in [3.05, 3.63) is 5.01 Å². The predicted molar refractivity (Wildman–Crippen MR) is 86.4 cm³/mol. The van der Waals surface area contributed by atoms with Gasteiger partial charge in [0, 0.05) is 6.42 Å². The Hall–Kier alpha value is -1.10. The summed E-state index contributed by atoms with van der Waals surface area (Å²) in [6.45, 7) is 7.10. The van der Waals surface area contributed by atoms with Crippen LogP contribution in [0.25, 0.3) is 0 Å². The predicted octanol–water partition coefficient (Wildman–Crippen LogP) is 1.48. The average Bonchev–Trinajstić information content (AvgIpc) is 2.83. The minimum Gasteiger partial charge on any atom is -0.466 e. The van der Waals surface area contributed by atoms with Crippen molar-refractivity contribution in [1.29, 1.82) is 0 Å². The third kappa shape index (κ3) is 5.20. The van der Waals surface area contributed by atoms with Crippen molar-refractivity contribution in [3.63, 3.8) is 0 Å². The first-order valence-corrected chi connectivity index (χ1v) is 10.1. The maximum atomic E-state index is 12.5. The van der Waals surface area contributed by atoms with E-state index < -0.39 is 27.8 Å². The fourth-order valence-corrected chi connectivity index (χ4v) is 5.06. The Labute approximate surface area is 145 Å². The number of aromatic nitrogens is 2. The SMILES string of the molecule is CCOC(=O)C[C@H]1C[C@@H](CS(=O)(=O)c2nnc(C)s2)OC(C)(C)O1. The number of nitrogens with zero attached hydrogens (tertiary/aromatic N) is 2. The zero-order valence-electron chi connectivity index (χ0n) is 14.1. The number of esters is 1. The number of ether oxygens (including phenoxy) is 3. The molecule has 2 atom stereocenters. The zero-order valence-corrected chi connectivity index (χ0v) is 15.8. The summed E-state index contributed by atoms with van der Waals surface area (Å²) in [5, 5.41) is 8.03. The van der Waals surface area contributed by atoms with Gasteiger partial charge in [-0.2, -0.15) is 0 Å². The standard InChI is InChI=1S/C14H22N2O6S2/c1-5-20-12(17)7-10-6-11(22-14(3,4)21-10)8-24(18,19)13-16-15-9(2)23-13/h10-11H,5-8H2,1-4H3/t10-,11+/m1/s1. The van der Waals surface area contributed by atoms with Gasteiger partial charge in [-0.3, -0.25) is 4.79 Å². The van der Waals surface area contributed by atoms with E-state index in [4.69, 9.17) is 14.2 Å². The van der Waals surface area contributed by atoms with E-state index in [1.165, 1.54) is 0 Å². The number of carbonyl (C=O) groups is 1. The van der Waals surface area contributed by atoms with Crippen molar-refractivity contribution in [1.82, 2.24) is 10.2 Å². The van der Waals surface area contributed by atoms with E-state index in [9.17, 15) is 13.2 Å². The number of hydrogen-bond acceptors (Lipinski definition) is 9. The molecular formula is C14H22N2O6S2. The average molecular weight is 378 g/mol. The Morgan fingerprint density at radius 1 is 1.33 bits per heavy atom. The second-order valence-electron chi connectivity index (χ2n) is 5.99. The van der Waals surface area contributed by atoms with Gasteiger partial charge in [0.2, 0.25) is 14.2 Å². The highest BCUT2D eigenvalue weighted by molar-refractivity contribution is 7.93. The molecule has 1 saturated heterocycles. The first-order chi connectivity index (χ1) is 11.1. The third-order valence-corrected chi connectivity index (χ3v) is 6.37. The molecule has 0 saturated carbocycles. The molecule has 0 amide bonds. The third-order valence-electron chi connectivity index (χ3n) is 3.31. The molecule has 1 aliphatic heterocycles. The Balaban J connectivity index is 2.07. The lowest BCUT2D eigenvalue weighted by molar-refractivity contribution is -0.295. The van der Waals surface area contributed by atoms with E-state index in [1.807, 2.05) is 0 Å². The molecule has 1 aromatic heterocycles. The van der Waals surface area contributed by atoms with Crippen LogP contribution in [0, 0.1) is 6.92 Å². The molecule has 0 aromatic carbocycles. The summed E-state index contributed by atoms with van der Waals surface area (Å²) in [5.74, 6) is -1.58. The van der Waals surface area contributed by atoms with Crippen molar-refractivity contribution in [2.24, 2.45) is 0 Å². The molecular weight excluding hydrogens is 356 g/mol. The monoisotopic (exact) mass is 378 g/mol. The van der Waals surface area contributed by atoms with Crippen LogP contribution in [0.1, 0.15) is 38.6 Å². The maximum Gasteiger partial charge on any atom is 0.308 e. The van der Waals surface area contributed by atoms with Crippen molar-refractivity contribution < 1.29 is 27.4 Å². The lowest BCUT2D eigenvalue weighted by Crippen LogP contribution is -2.47. The molecule has 1 fully saturated rings. The van der Waals surface area contributed by atoms with Gasteiger partial charge in [0.25, 0.3) is 0 Å². The minimum atomic E-state index is -3.60. The molecule has 0 aliphatic carbocycles. The quantitative estimate of drug-likeness (QED) is 0.686. The minimum absolute atomic E-state index is 0.0187. The van der Waals surface area contributed by atoms with Crippen LogP contribution in [-0.2, 0) is 28.8 Å². The van der Waals surface area contributed by atoms with E-state index >= 15 is 0 Å². The molecule has 0 radical (unpaired) electrons. The number of sulfone groups is 1. The summed E-state index contributed by atoms with van der Waals surface area (Å²) in [6, 6.07) is 0. The van der Waals surface area contributed by atoms with E-state index in [0.717, 1.165) is 11.3 Å². The largest absolute Gasteiger partial charge is 0.466 e. The van der Waals surface area contributed by atoms with Crippen molar-refractivity contribution in [2.45, 2.75) is 62.9 Å². The molecule has 24 heavy (non-hydrogen) atoms. The van der Waals surface area contributed by atoms with Crippen LogP contribution in [0.15, 0.2) is 4.34 Å². The van der Waals surface area contributed by atoms with Gasteiger partial charge in [0.1, 0.15) is 5.01 Å². The number of rotatable bonds is 6. The molecule has 1 aromatic rings. The van der Waals surface area contributed by atoms with Crippen molar-refractivity contribution >= 4 is 27.1 Å². The summed E-state index contributed by atoms with van der Waals surface area (Å²) in [6.07, 6.45) is -0.694. The highest BCUT2D eigenvalue weighted by Crippen LogP contribution is 2.30. The second kappa shape index (κ2) is 7.42. The van der Waals surface area contributed by atoms with E-state index in [1.54, 1.807) is 27.7 Å². The van der Waals surface area contributed by atoms with E-state index in [-0.39, 0.29) is 22.5 Å². The van der Waals surface area contributed by atoms with E-state index in [0.29, 0.717) is 18.0 Å². The second-order valence-corrected chi connectivity index (χ2v) is 9.38. The molecule has 1 aliphatic rings. The van der Waals surface area contributed by atoms with Crippen molar-refractivity contribution in [3.8, 4) is 0 Å². The lowest BCUT2D eigenvalue weighted by atomic mass is 10.1. The first kappa shape index (κ1) is 19.2. The van der Waals surface area contributed by atoms with Gasteiger partial charge in [-0.1, -0.05) is 11.3 Å². The van der Waals surface area contributed by atoms with Crippen LogP contribution in [0.4, 0.5) is 0 Å². The van der Waals surface area contributed by atoms with Gasteiger partial charge < -0.3 is 14.2 Å². The number of aryl methyl sites for hydroxylation is 1. The molecule has 10 heteroatoms. The molecule has 0 spiro atoms. The Bertz CT molecular complexity index is 685. The Kier molecular flexibility index (Phi) is 5.95. The molecule has 0 unspecified atom stereocenters. The summed E-state index contributed by atoms with van der Waals surface area (Å²) < 4.78 is 41.2. The normalized spacial score (nSPS) is 23.8. The fraction of sp³-hybridized carbons (Fsp3) is 0.786. The van der Waals surface area contributed by atoms with Gasteiger partial charge in [0.15, 0.2) is 5.79 Å². The van der Waals surface area contributed by atoms with Crippen LogP contribution in [0.2, 0.25) is 0 Å². The van der Waals surface area contributed by atoms with Crippen LogP contribution in [-0.4, -0.2) is 54.9 Å². The van der Waals surface area contributed by atoms with Gasteiger partial charge in [0.05, 0.1) is 31.0 Å². The molecule has 2 heterocycles. The Morgan fingerprint density at radius 2 is 2.00 bits per heavy atom. The summed E-state index contributed by atoms with van der Waals surface area (Å²) in [5.41, 5.74) is 0. The molecule has 0 bridgehead atoms. The van der Waals surface area contributed by atoms with Gasteiger partial charge in [-0.05, 0) is 27.7 Å². The van der Waals surface area contributed by atoms with E-state index in [2.05, 4.69) is 10.2 Å². The maximum absolute atomic E-state index is 12.5. The first-order valence-electron chi connectivity index (χ1n) is 7.65. The summed E-state index contributed by atoms with van der Waals surface area (Å²) >= 11 is 1.03. The highest BCUT2D eigenvalue weighted by Gasteiger charge is 2.39.